The smallest absolute Gasteiger partial charge is 0.264 e. The highest BCUT2D eigenvalue weighted by Gasteiger charge is 2.36. The molecule has 140 valence electrons. The number of allylic oxidation sites excluding steroid dienone is 2. The summed E-state index contributed by atoms with van der Waals surface area (Å²) in [5.74, 6) is -0.253. The summed E-state index contributed by atoms with van der Waals surface area (Å²) in [5, 5.41) is 0. The van der Waals surface area contributed by atoms with Gasteiger partial charge in [-0.3, -0.25) is 4.55 Å². The summed E-state index contributed by atoms with van der Waals surface area (Å²) in [6.07, 6.45) is 8.44. The van der Waals surface area contributed by atoms with Gasteiger partial charge in [0.25, 0.3) is 10.1 Å². The van der Waals surface area contributed by atoms with Gasteiger partial charge in [0.05, 0.1) is 17.6 Å². The van der Waals surface area contributed by atoms with E-state index in [0.717, 1.165) is 11.8 Å². The van der Waals surface area contributed by atoms with E-state index in [-0.39, 0.29) is 5.75 Å². The first-order valence-electron chi connectivity index (χ1n) is 7.72. The Morgan fingerprint density at radius 3 is 2.29 bits per heavy atom. The molecule has 9 heteroatoms. The Kier molecular flexibility index (Phi) is 6.79. The Bertz CT molecular complexity index is 701. The first kappa shape index (κ1) is 21.3. The van der Waals surface area contributed by atoms with E-state index in [1.807, 2.05) is 26.8 Å². The first-order chi connectivity index (χ1) is 10.7. The molecule has 24 heavy (non-hydrogen) atoms. The van der Waals surface area contributed by atoms with Crippen LogP contribution in [0.1, 0.15) is 46.5 Å². The average molecular weight is 382 g/mol. The Labute approximate surface area is 145 Å². The van der Waals surface area contributed by atoms with Crippen LogP contribution < -0.4 is 4.72 Å². The second kappa shape index (κ2) is 7.65. The molecular formula is C15H27NO6S2. The van der Waals surface area contributed by atoms with Gasteiger partial charge in [-0.05, 0) is 46.1 Å². The molecule has 0 aliphatic heterocycles. The summed E-state index contributed by atoms with van der Waals surface area (Å²) in [6, 6.07) is 0. The van der Waals surface area contributed by atoms with Crippen molar-refractivity contribution >= 4 is 20.1 Å². The van der Waals surface area contributed by atoms with E-state index in [0.29, 0.717) is 25.7 Å². The minimum Gasteiger partial charge on any atom is -0.350 e. The van der Waals surface area contributed by atoms with E-state index in [9.17, 15) is 16.8 Å². The fraction of sp³-hybridized carbons (Fsp3) is 0.733. The molecule has 0 aromatic carbocycles. The molecule has 0 aromatic rings. The molecule has 0 aromatic heterocycles. The molecule has 1 unspecified atom stereocenters. The quantitative estimate of drug-likeness (QED) is 0.378. The van der Waals surface area contributed by atoms with E-state index in [1.165, 1.54) is 0 Å². The number of sulfonamides is 1. The van der Waals surface area contributed by atoms with Crippen molar-refractivity contribution in [2.75, 3.05) is 12.0 Å². The molecule has 7 nitrogen and oxygen atoms in total. The minimum atomic E-state index is -3.92. The largest absolute Gasteiger partial charge is 0.350 e. The van der Waals surface area contributed by atoms with Crippen molar-refractivity contribution in [2.24, 2.45) is 0 Å². The average Bonchev–Trinajstić information content (AvgIpc) is 2.31. The zero-order valence-corrected chi connectivity index (χ0v) is 16.2. The first-order valence-corrected chi connectivity index (χ1v) is 11.2. The molecule has 1 rings (SSSR count). The van der Waals surface area contributed by atoms with Gasteiger partial charge in [-0.25, -0.2) is 8.42 Å². The minimum absolute atomic E-state index is 0.253. The molecule has 0 spiro atoms. The lowest BCUT2D eigenvalue weighted by Crippen LogP contribution is -2.52. The van der Waals surface area contributed by atoms with Crippen LogP contribution in [0.5, 0.6) is 0 Å². The number of ether oxygens (including phenoxy) is 1. The van der Waals surface area contributed by atoms with Crippen LogP contribution >= 0.6 is 0 Å². The Morgan fingerprint density at radius 1 is 1.25 bits per heavy atom. The highest BCUT2D eigenvalue weighted by molar-refractivity contribution is 7.88. The Hall–Kier alpha value is -0.740. The molecule has 0 saturated carbocycles. The maximum absolute atomic E-state index is 11.7. The molecular weight excluding hydrogens is 354 g/mol. The zero-order chi connectivity index (χ0) is 18.6. The number of hydrogen-bond acceptors (Lipinski definition) is 5. The van der Waals surface area contributed by atoms with E-state index < -0.39 is 31.5 Å². The maximum atomic E-state index is 11.7. The van der Waals surface area contributed by atoms with Gasteiger partial charge in [0.15, 0.2) is 5.72 Å². The van der Waals surface area contributed by atoms with Gasteiger partial charge in [-0.15, -0.1) is 0 Å². The summed E-state index contributed by atoms with van der Waals surface area (Å²) in [6.45, 7) is 5.54. The van der Waals surface area contributed by atoms with Gasteiger partial charge < -0.3 is 4.74 Å². The third-order valence-electron chi connectivity index (χ3n) is 3.20. The second-order valence-electron chi connectivity index (χ2n) is 7.04. The summed E-state index contributed by atoms with van der Waals surface area (Å²) in [4.78, 5) is 0. The van der Waals surface area contributed by atoms with Crippen LogP contribution in [0, 0.1) is 0 Å². The van der Waals surface area contributed by atoms with Crippen LogP contribution in [0.4, 0.5) is 0 Å². The fourth-order valence-corrected chi connectivity index (χ4v) is 3.88. The maximum Gasteiger partial charge on any atom is 0.264 e. The van der Waals surface area contributed by atoms with Crippen LogP contribution in [-0.4, -0.2) is 44.7 Å². The van der Waals surface area contributed by atoms with E-state index in [1.54, 1.807) is 12.2 Å². The van der Waals surface area contributed by atoms with Crippen molar-refractivity contribution in [3.63, 3.8) is 0 Å². The Morgan fingerprint density at radius 2 is 1.88 bits per heavy atom. The summed E-state index contributed by atoms with van der Waals surface area (Å²) in [5.41, 5.74) is -0.680. The van der Waals surface area contributed by atoms with E-state index >= 15 is 0 Å². The van der Waals surface area contributed by atoms with Crippen LogP contribution in [-0.2, 0) is 24.9 Å². The number of hydrogen-bond donors (Lipinski definition) is 2. The van der Waals surface area contributed by atoms with Gasteiger partial charge in [-0.1, -0.05) is 17.7 Å². The summed E-state index contributed by atoms with van der Waals surface area (Å²) < 4.78 is 61.8. The normalized spacial score (nSPS) is 22.5. The fourth-order valence-electron chi connectivity index (χ4n) is 2.49. The number of nitrogens with one attached hydrogen (secondary N) is 1. The molecule has 0 radical (unpaired) electrons. The molecule has 0 amide bonds. The van der Waals surface area contributed by atoms with Gasteiger partial charge in [0.1, 0.15) is 0 Å². The lowest BCUT2D eigenvalue weighted by atomic mass is 9.96. The second-order valence-corrected chi connectivity index (χ2v) is 10.4. The highest BCUT2D eigenvalue weighted by Crippen LogP contribution is 2.29. The number of rotatable bonds is 8. The molecule has 1 atom stereocenters. The van der Waals surface area contributed by atoms with Crippen molar-refractivity contribution in [2.45, 2.75) is 57.8 Å². The van der Waals surface area contributed by atoms with Crippen molar-refractivity contribution in [1.29, 1.82) is 0 Å². The van der Waals surface area contributed by atoms with Crippen LogP contribution in [0.2, 0.25) is 0 Å². The topological polar surface area (TPSA) is 110 Å². The van der Waals surface area contributed by atoms with Gasteiger partial charge in [0, 0.05) is 6.42 Å². The predicted molar refractivity (Wildman–Crippen MR) is 93.7 cm³/mol. The molecule has 0 bridgehead atoms. The third-order valence-corrected chi connectivity index (χ3v) is 4.72. The molecule has 0 fully saturated rings. The lowest BCUT2D eigenvalue weighted by Gasteiger charge is -2.38. The van der Waals surface area contributed by atoms with Gasteiger partial charge >= 0.3 is 0 Å². The number of unbranched alkanes of at least 4 members (excludes halogenated alkanes) is 1. The van der Waals surface area contributed by atoms with Crippen LogP contribution in [0.25, 0.3) is 0 Å². The van der Waals surface area contributed by atoms with Crippen molar-refractivity contribution in [3.8, 4) is 0 Å². The molecule has 1 aliphatic rings. The summed E-state index contributed by atoms with van der Waals surface area (Å²) >= 11 is 0. The highest BCUT2D eigenvalue weighted by atomic mass is 32.2. The zero-order valence-electron chi connectivity index (χ0n) is 14.6. The van der Waals surface area contributed by atoms with Gasteiger partial charge in [-0.2, -0.15) is 13.1 Å². The molecule has 0 heterocycles. The van der Waals surface area contributed by atoms with Crippen LogP contribution in [0.3, 0.4) is 0 Å². The van der Waals surface area contributed by atoms with Crippen molar-refractivity contribution in [3.05, 3.63) is 23.8 Å². The standard InChI is InChI=1S/C15H27NO6S2/c1-14(2,3)22-15(16-23(4,17)18)10-8-13(9-11-15)7-5-6-12-24(19,20)21/h8-10,16H,5-7,11-12H2,1-4H3,(H,19,20,21). The third kappa shape index (κ3) is 8.93. The Balaban J connectivity index is 2.71. The van der Waals surface area contributed by atoms with Crippen molar-refractivity contribution < 1.29 is 26.1 Å². The van der Waals surface area contributed by atoms with Gasteiger partial charge in [0.2, 0.25) is 10.0 Å². The summed E-state index contributed by atoms with van der Waals surface area (Å²) in [7, 11) is -7.38. The van der Waals surface area contributed by atoms with Crippen molar-refractivity contribution in [1.82, 2.24) is 4.72 Å². The van der Waals surface area contributed by atoms with E-state index in [2.05, 4.69) is 4.72 Å². The molecule has 0 saturated heterocycles. The molecule has 2 N–H and O–H groups in total. The predicted octanol–water partition coefficient (Wildman–Crippen LogP) is 1.99. The lowest BCUT2D eigenvalue weighted by molar-refractivity contribution is -0.110. The molecule has 1 aliphatic carbocycles. The van der Waals surface area contributed by atoms with E-state index in [4.69, 9.17) is 9.29 Å². The monoisotopic (exact) mass is 381 g/mol. The SMILES string of the molecule is CC(C)(C)OC1(NS(C)(=O)=O)C=CC(CCCCS(=O)(=O)O)=CC1. The van der Waals surface area contributed by atoms with Crippen LogP contribution in [0.15, 0.2) is 23.8 Å².